The van der Waals surface area contributed by atoms with Crippen LogP contribution >= 0.6 is 0 Å². The summed E-state index contributed by atoms with van der Waals surface area (Å²) in [5, 5.41) is 11.5. The Labute approximate surface area is 178 Å². The highest BCUT2D eigenvalue weighted by Gasteiger charge is 2.18. The molecule has 1 aromatic heterocycles. The van der Waals surface area contributed by atoms with Gasteiger partial charge >= 0.3 is 0 Å². The predicted molar refractivity (Wildman–Crippen MR) is 124 cm³/mol. The molecule has 30 heavy (non-hydrogen) atoms. The number of allylic oxidation sites excluding steroid dienone is 1. The first-order chi connectivity index (χ1) is 14.7. The Balaban J connectivity index is 2.00. The lowest BCUT2D eigenvalue weighted by Gasteiger charge is -2.16. The molecule has 2 aromatic carbocycles. The summed E-state index contributed by atoms with van der Waals surface area (Å²) >= 11 is 0. The first-order valence-corrected chi connectivity index (χ1v) is 10.9. The molecule has 1 N–H and O–H groups in total. The number of hydrogen-bond acceptors (Lipinski definition) is 3. The molecular weight excluding hydrogens is 374 g/mol. The lowest BCUT2D eigenvalue weighted by molar-refractivity contribution is 0.404. The van der Waals surface area contributed by atoms with E-state index in [0.717, 1.165) is 23.9 Å². The van der Waals surface area contributed by atoms with Crippen LogP contribution < -0.4 is 10.3 Å². The summed E-state index contributed by atoms with van der Waals surface area (Å²) in [6, 6.07) is 14.9. The van der Waals surface area contributed by atoms with E-state index >= 15 is 0 Å². The Morgan fingerprint density at radius 2 is 1.73 bits per heavy atom. The highest BCUT2D eigenvalue weighted by atomic mass is 16.5. The summed E-state index contributed by atoms with van der Waals surface area (Å²) < 4.78 is 7.59. The van der Waals surface area contributed by atoms with Crippen molar-refractivity contribution in [2.24, 2.45) is 0 Å². The summed E-state index contributed by atoms with van der Waals surface area (Å²) in [5.41, 5.74) is 1.41. The monoisotopic (exact) mass is 405 g/mol. The number of rotatable bonds is 10. The fraction of sp³-hybridized carbons (Fsp3) is 0.346. The van der Waals surface area contributed by atoms with Crippen LogP contribution in [-0.4, -0.2) is 9.67 Å². The van der Waals surface area contributed by atoms with E-state index in [1.807, 2.05) is 55.5 Å². The molecule has 0 spiro atoms. The summed E-state index contributed by atoms with van der Waals surface area (Å²) in [6.45, 7) is 4.77. The largest absolute Gasteiger partial charge is 0.504 e. The van der Waals surface area contributed by atoms with Gasteiger partial charge in [0.15, 0.2) is 5.75 Å². The Bertz CT molecular complexity index is 1050. The molecule has 0 atom stereocenters. The van der Waals surface area contributed by atoms with Gasteiger partial charge in [-0.1, -0.05) is 75.4 Å². The molecule has 4 nitrogen and oxygen atoms in total. The maximum Gasteiger partial charge on any atom is 0.297 e. The topological polar surface area (TPSA) is 51.5 Å². The zero-order chi connectivity index (χ0) is 21.3. The first kappa shape index (κ1) is 21.7. The summed E-state index contributed by atoms with van der Waals surface area (Å²) in [6.07, 6.45) is 10.8. The second kappa shape index (κ2) is 10.7. The molecule has 0 unspecified atom stereocenters. The number of aromatic hydroxyl groups is 1. The van der Waals surface area contributed by atoms with Gasteiger partial charge in [0.05, 0.1) is 5.52 Å². The van der Waals surface area contributed by atoms with Gasteiger partial charge in [0.2, 0.25) is 5.75 Å². The molecule has 0 aliphatic rings. The second-order valence-electron chi connectivity index (χ2n) is 7.59. The minimum Gasteiger partial charge on any atom is -0.504 e. The second-order valence-corrected chi connectivity index (χ2v) is 7.59. The van der Waals surface area contributed by atoms with Crippen LogP contribution in [0.15, 0.2) is 59.4 Å². The highest BCUT2D eigenvalue weighted by Crippen LogP contribution is 2.35. The SMILES string of the molecule is C/C=C\c1ccc2c(c1)c(O)c(Oc1ccccc1)c(=O)n2CCCCCCCC. The van der Waals surface area contributed by atoms with Crippen molar-refractivity contribution in [3.05, 3.63) is 70.5 Å². The molecule has 0 fully saturated rings. The number of para-hydroxylation sites is 1. The minimum absolute atomic E-state index is 0.0164. The number of fused-ring (bicyclic) bond motifs is 1. The van der Waals surface area contributed by atoms with Crippen molar-refractivity contribution in [1.29, 1.82) is 0 Å². The molecule has 0 aliphatic heterocycles. The van der Waals surface area contributed by atoms with Gasteiger partial charge in [0, 0.05) is 11.9 Å². The number of hydrogen-bond donors (Lipinski definition) is 1. The molecule has 3 aromatic rings. The molecule has 1 heterocycles. The number of pyridine rings is 1. The van der Waals surface area contributed by atoms with Crippen molar-refractivity contribution >= 4 is 17.0 Å². The molecule has 158 valence electrons. The zero-order valence-electron chi connectivity index (χ0n) is 17.9. The van der Waals surface area contributed by atoms with Gasteiger partial charge in [-0.3, -0.25) is 4.79 Å². The van der Waals surface area contributed by atoms with Crippen LogP contribution in [0.4, 0.5) is 0 Å². The molecule has 0 amide bonds. The van der Waals surface area contributed by atoms with Gasteiger partial charge in [-0.05, 0) is 43.2 Å². The van der Waals surface area contributed by atoms with Gasteiger partial charge in [0.1, 0.15) is 5.75 Å². The number of unbranched alkanes of at least 4 members (excludes halogenated alkanes) is 5. The van der Waals surface area contributed by atoms with E-state index in [4.69, 9.17) is 4.74 Å². The summed E-state index contributed by atoms with van der Waals surface area (Å²) in [7, 11) is 0. The number of benzene rings is 2. The van der Waals surface area contributed by atoms with Crippen molar-refractivity contribution in [1.82, 2.24) is 4.57 Å². The fourth-order valence-corrected chi connectivity index (χ4v) is 3.70. The average molecular weight is 406 g/mol. The standard InChI is InChI=1S/C26H31NO3/c1-3-5-6-7-8-12-18-27-23-17-16-20(13-4-2)19-22(23)24(28)25(26(27)29)30-21-14-10-9-11-15-21/h4,9-11,13-17,19,28H,3,5-8,12,18H2,1-2H3/b13-4-. The lowest BCUT2D eigenvalue weighted by Crippen LogP contribution is -2.22. The Hall–Kier alpha value is -3.01. The molecule has 0 saturated heterocycles. The van der Waals surface area contributed by atoms with Crippen molar-refractivity contribution in [2.45, 2.75) is 58.9 Å². The molecule has 0 bridgehead atoms. The van der Waals surface area contributed by atoms with Crippen molar-refractivity contribution in [3.63, 3.8) is 0 Å². The number of nitrogens with zero attached hydrogens (tertiary/aromatic N) is 1. The molecule has 4 heteroatoms. The smallest absolute Gasteiger partial charge is 0.297 e. The molecule has 0 saturated carbocycles. The van der Waals surface area contributed by atoms with Gasteiger partial charge in [0.25, 0.3) is 5.56 Å². The van der Waals surface area contributed by atoms with E-state index in [0.29, 0.717) is 17.7 Å². The number of aromatic nitrogens is 1. The van der Waals surface area contributed by atoms with Crippen LogP contribution in [0.3, 0.4) is 0 Å². The van der Waals surface area contributed by atoms with Gasteiger partial charge in [-0.25, -0.2) is 0 Å². The summed E-state index contributed by atoms with van der Waals surface area (Å²) in [5.74, 6) is 0.404. The normalized spacial score (nSPS) is 11.4. The maximum atomic E-state index is 13.2. The Kier molecular flexibility index (Phi) is 7.72. The van der Waals surface area contributed by atoms with Crippen molar-refractivity contribution in [3.8, 4) is 17.2 Å². The third-order valence-corrected chi connectivity index (χ3v) is 5.28. The number of ether oxygens (including phenoxy) is 1. The Morgan fingerprint density at radius 3 is 2.47 bits per heavy atom. The van der Waals surface area contributed by atoms with Crippen LogP contribution in [0.1, 0.15) is 57.9 Å². The predicted octanol–water partition coefficient (Wildman–Crippen LogP) is 6.89. The van der Waals surface area contributed by atoms with Crippen LogP contribution in [0, 0.1) is 0 Å². The van der Waals surface area contributed by atoms with Crippen LogP contribution in [-0.2, 0) is 6.54 Å². The van der Waals surface area contributed by atoms with E-state index < -0.39 is 0 Å². The molecule has 0 radical (unpaired) electrons. The third kappa shape index (κ3) is 5.12. The maximum absolute atomic E-state index is 13.2. The highest BCUT2D eigenvalue weighted by molar-refractivity contribution is 5.89. The van der Waals surface area contributed by atoms with E-state index in [-0.39, 0.29) is 17.1 Å². The molecule has 0 aliphatic carbocycles. The quantitative estimate of drug-likeness (QED) is 0.374. The first-order valence-electron chi connectivity index (χ1n) is 10.9. The van der Waals surface area contributed by atoms with Crippen LogP contribution in [0.25, 0.3) is 17.0 Å². The van der Waals surface area contributed by atoms with E-state index in [2.05, 4.69) is 6.92 Å². The third-order valence-electron chi connectivity index (χ3n) is 5.28. The van der Waals surface area contributed by atoms with Crippen LogP contribution in [0.2, 0.25) is 0 Å². The minimum atomic E-state index is -0.295. The van der Waals surface area contributed by atoms with E-state index in [9.17, 15) is 9.90 Å². The zero-order valence-corrected chi connectivity index (χ0v) is 17.9. The lowest BCUT2D eigenvalue weighted by atomic mass is 10.1. The van der Waals surface area contributed by atoms with Crippen LogP contribution in [0.5, 0.6) is 17.2 Å². The van der Waals surface area contributed by atoms with Gasteiger partial charge < -0.3 is 14.4 Å². The number of aryl methyl sites for hydroxylation is 1. The molecule has 3 rings (SSSR count). The Morgan fingerprint density at radius 1 is 1.00 bits per heavy atom. The summed E-state index contributed by atoms with van der Waals surface area (Å²) in [4.78, 5) is 13.2. The van der Waals surface area contributed by atoms with Crippen molar-refractivity contribution in [2.75, 3.05) is 0 Å². The fourth-order valence-electron chi connectivity index (χ4n) is 3.70. The molecular formula is C26H31NO3. The van der Waals surface area contributed by atoms with E-state index in [1.54, 1.807) is 16.7 Å². The van der Waals surface area contributed by atoms with Gasteiger partial charge in [-0.15, -0.1) is 0 Å². The van der Waals surface area contributed by atoms with E-state index in [1.165, 1.54) is 25.7 Å². The average Bonchev–Trinajstić information content (AvgIpc) is 2.77. The van der Waals surface area contributed by atoms with Gasteiger partial charge in [-0.2, -0.15) is 0 Å². The van der Waals surface area contributed by atoms with Crippen molar-refractivity contribution < 1.29 is 9.84 Å².